The van der Waals surface area contributed by atoms with E-state index in [1.165, 1.54) is 12.2 Å². The Balaban J connectivity index is 2.61. The van der Waals surface area contributed by atoms with Gasteiger partial charge in [0, 0.05) is 13.6 Å². The summed E-state index contributed by atoms with van der Waals surface area (Å²) in [6.07, 6.45) is 4.48. The van der Waals surface area contributed by atoms with E-state index in [-0.39, 0.29) is 0 Å². The second kappa shape index (κ2) is 6.86. The standard InChI is InChI=1S/C11H20N4S2/c1-8-9(10(12)16)11(15(2)14-8)13-6-4-5-7-17-3/h13H,4-7H2,1-3H3,(H2,12,16). The largest absolute Gasteiger partial charge is 0.389 e. The number of anilines is 1. The number of nitrogens with one attached hydrogen (secondary N) is 1. The summed E-state index contributed by atoms with van der Waals surface area (Å²) in [6.45, 7) is 2.85. The number of hydrogen-bond donors (Lipinski definition) is 2. The summed E-state index contributed by atoms with van der Waals surface area (Å²) < 4.78 is 1.80. The minimum absolute atomic E-state index is 0.405. The van der Waals surface area contributed by atoms with Crippen molar-refractivity contribution in [2.24, 2.45) is 12.8 Å². The lowest BCUT2D eigenvalue weighted by Gasteiger charge is -2.08. The second-order valence-corrected chi connectivity index (χ2v) is 5.35. The summed E-state index contributed by atoms with van der Waals surface area (Å²) in [6, 6.07) is 0. The Labute approximate surface area is 112 Å². The minimum Gasteiger partial charge on any atom is -0.389 e. The lowest BCUT2D eigenvalue weighted by atomic mass is 10.2. The molecule has 4 nitrogen and oxygen atoms in total. The van der Waals surface area contributed by atoms with Gasteiger partial charge in [-0.2, -0.15) is 16.9 Å². The molecular weight excluding hydrogens is 252 g/mol. The van der Waals surface area contributed by atoms with Gasteiger partial charge in [0.25, 0.3) is 0 Å². The van der Waals surface area contributed by atoms with Crippen LogP contribution in [0.15, 0.2) is 0 Å². The molecule has 17 heavy (non-hydrogen) atoms. The van der Waals surface area contributed by atoms with E-state index in [1.54, 1.807) is 4.68 Å². The van der Waals surface area contributed by atoms with Gasteiger partial charge in [-0.3, -0.25) is 4.68 Å². The highest BCUT2D eigenvalue weighted by Crippen LogP contribution is 2.18. The zero-order valence-corrected chi connectivity index (χ0v) is 12.2. The monoisotopic (exact) mass is 272 g/mol. The molecule has 0 aromatic carbocycles. The molecule has 0 saturated heterocycles. The minimum atomic E-state index is 0.405. The molecule has 0 radical (unpaired) electrons. The molecule has 0 spiro atoms. The highest BCUT2D eigenvalue weighted by Gasteiger charge is 2.14. The van der Waals surface area contributed by atoms with Gasteiger partial charge in [-0.05, 0) is 31.8 Å². The first kappa shape index (κ1) is 14.3. The van der Waals surface area contributed by atoms with Crippen molar-refractivity contribution in [1.29, 1.82) is 0 Å². The number of thioether (sulfide) groups is 1. The van der Waals surface area contributed by atoms with E-state index < -0.39 is 0 Å². The van der Waals surface area contributed by atoms with Crippen molar-refractivity contribution in [2.75, 3.05) is 23.9 Å². The van der Waals surface area contributed by atoms with E-state index in [4.69, 9.17) is 18.0 Å². The Kier molecular flexibility index (Phi) is 5.77. The molecule has 1 heterocycles. The molecule has 0 amide bonds. The average molecular weight is 272 g/mol. The first-order chi connectivity index (χ1) is 8.07. The number of aryl methyl sites for hydroxylation is 2. The van der Waals surface area contributed by atoms with Crippen molar-refractivity contribution in [3.05, 3.63) is 11.3 Å². The van der Waals surface area contributed by atoms with Crippen LogP contribution in [0.25, 0.3) is 0 Å². The Hall–Kier alpha value is -0.750. The summed E-state index contributed by atoms with van der Waals surface area (Å²) in [7, 11) is 1.90. The van der Waals surface area contributed by atoms with Gasteiger partial charge in [0.05, 0.1) is 11.3 Å². The van der Waals surface area contributed by atoms with Crippen molar-refractivity contribution in [2.45, 2.75) is 19.8 Å². The third kappa shape index (κ3) is 3.89. The molecule has 0 aliphatic heterocycles. The molecule has 6 heteroatoms. The highest BCUT2D eigenvalue weighted by molar-refractivity contribution is 7.98. The van der Waals surface area contributed by atoms with Gasteiger partial charge in [-0.25, -0.2) is 0 Å². The van der Waals surface area contributed by atoms with Crippen LogP contribution in [0.3, 0.4) is 0 Å². The quantitative estimate of drug-likeness (QED) is 0.587. The van der Waals surface area contributed by atoms with Crippen LogP contribution in [0.2, 0.25) is 0 Å². The van der Waals surface area contributed by atoms with Crippen LogP contribution >= 0.6 is 24.0 Å². The predicted molar refractivity (Wildman–Crippen MR) is 79.9 cm³/mol. The first-order valence-corrected chi connectivity index (χ1v) is 7.44. The molecule has 1 aromatic heterocycles. The van der Waals surface area contributed by atoms with Gasteiger partial charge < -0.3 is 11.1 Å². The average Bonchev–Trinajstić information content (AvgIpc) is 2.53. The lowest BCUT2D eigenvalue weighted by molar-refractivity contribution is 0.749. The molecular formula is C11H20N4S2. The summed E-state index contributed by atoms with van der Waals surface area (Å²) in [4.78, 5) is 0.405. The molecule has 1 aromatic rings. The van der Waals surface area contributed by atoms with Gasteiger partial charge in [-0.15, -0.1) is 0 Å². The maximum absolute atomic E-state index is 5.72. The number of thiocarbonyl (C=S) groups is 1. The number of nitrogens with zero attached hydrogens (tertiary/aromatic N) is 2. The third-order valence-electron chi connectivity index (χ3n) is 2.54. The molecule has 0 unspecified atom stereocenters. The molecule has 1 rings (SSSR count). The van der Waals surface area contributed by atoms with Gasteiger partial charge in [0.15, 0.2) is 0 Å². The Morgan fingerprint density at radius 1 is 1.53 bits per heavy atom. The maximum atomic E-state index is 5.72. The molecule has 0 fully saturated rings. The molecule has 0 aliphatic carbocycles. The van der Waals surface area contributed by atoms with Crippen LogP contribution < -0.4 is 11.1 Å². The van der Waals surface area contributed by atoms with Crippen molar-refractivity contribution in [1.82, 2.24) is 9.78 Å². The van der Waals surface area contributed by atoms with E-state index in [0.717, 1.165) is 30.0 Å². The van der Waals surface area contributed by atoms with Gasteiger partial charge in [0.2, 0.25) is 0 Å². The van der Waals surface area contributed by atoms with Crippen molar-refractivity contribution < 1.29 is 0 Å². The molecule has 0 saturated carbocycles. The summed E-state index contributed by atoms with van der Waals surface area (Å²) in [5.74, 6) is 2.13. The van der Waals surface area contributed by atoms with Crippen molar-refractivity contribution >= 4 is 34.8 Å². The normalized spacial score (nSPS) is 10.5. The Bertz CT molecular complexity index is 387. The third-order valence-corrected chi connectivity index (χ3v) is 3.44. The molecule has 0 bridgehead atoms. The zero-order chi connectivity index (χ0) is 12.8. The van der Waals surface area contributed by atoms with Gasteiger partial charge in [0.1, 0.15) is 10.8 Å². The van der Waals surface area contributed by atoms with Crippen LogP contribution in [-0.4, -0.2) is 33.3 Å². The zero-order valence-electron chi connectivity index (χ0n) is 10.6. The van der Waals surface area contributed by atoms with Crippen LogP contribution in [0, 0.1) is 6.92 Å². The summed E-state index contributed by atoms with van der Waals surface area (Å²) in [5.41, 5.74) is 7.46. The highest BCUT2D eigenvalue weighted by atomic mass is 32.2. The van der Waals surface area contributed by atoms with E-state index in [1.807, 2.05) is 25.7 Å². The summed E-state index contributed by atoms with van der Waals surface area (Å²) in [5, 5.41) is 7.70. The van der Waals surface area contributed by atoms with E-state index >= 15 is 0 Å². The van der Waals surface area contributed by atoms with E-state index in [2.05, 4.69) is 16.7 Å². The second-order valence-electron chi connectivity index (χ2n) is 3.92. The molecule has 3 N–H and O–H groups in total. The number of rotatable bonds is 7. The van der Waals surface area contributed by atoms with Gasteiger partial charge in [-0.1, -0.05) is 12.2 Å². The maximum Gasteiger partial charge on any atom is 0.134 e. The fourth-order valence-electron chi connectivity index (χ4n) is 1.73. The SMILES string of the molecule is CSCCCCNc1c(C(N)=S)c(C)nn1C. The number of nitrogens with two attached hydrogens (primary N) is 1. The predicted octanol–water partition coefficient (Wildman–Crippen LogP) is 1.92. The van der Waals surface area contributed by atoms with Crippen LogP contribution in [0.5, 0.6) is 0 Å². The summed E-state index contributed by atoms with van der Waals surface area (Å²) >= 11 is 6.93. The molecule has 96 valence electrons. The van der Waals surface area contributed by atoms with E-state index in [9.17, 15) is 0 Å². The first-order valence-electron chi connectivity index (χ1n) is 5.64. The number of hydrogen-bond acceptors (Lipinski definition) is 4. The van der Waals surface area contributed by atoms with Crippen LogP contribution in [0.1, 0.15) is 24.1 Å². The molecule has 0 atom stereocenters. The van der Waals surface area contributed by atoms with Crippen molar-refractivity contribution in [3.63, 3.8) is 0 Å². The number of aromatic nitrogens is 2. The van der Waals surface area contributed by atoms with Gasteiger partial charge >= 0.3 is 0 Å². The van der Waals surface area contributed by atoms with E-state index in [0.29, 0.717) is 4.99 Å². The smallest absolute Gasteiger partial charge is 0.134 e. The van der Waals surface area contributed by atoms with Crippen LogP contribution in [0.4, 0.5) is 5.82 Å². The Morgan fingerprint density at radius 2 is 2.24 bits per heavy atom. The topological polar surface area (TPSA) is 55.9 Å². The Morgan fingerprint density at radius 3 is 2.82 bits per heavy atom. The van der Waals surface area contributed by atoms with Crippen LogP contribution in [-0.2, 0) is 7.05 Å². The van der Waals surface area contributed by atoms with Crippen molar-refractivity contribution in [3.8, 4) is 0 Å². The molecule has 0 aliphatic rings. The fourth-order valence-corrected chi connectivity index (χ4v) is 2.47. The lowest BCUT2D eigenvalue weighted by Crippen LogP contribution is -2.15. The number of unbranched alkanes of at least 4 members (excludes halogenated alkanes) is 1. The fraction of sp³-hybridized carbons (Fsp3) is 0.636.